The third kappa shape index (κ3) is 2.84. The molecule has 4 nitrogen and oxygen atoms in total. The number of hydrogen-bond donors (Lipinski definition) is 1. The fraction of sp³-hybridized carbons (Fsp3) is 0.263. The van der Waals surface area contributed by atoms with Gasteiger partial charge in [0.25, 0.3) is 0 Å². The van der Waals surface area contributed by atoms with Gasteiger partial charge in [-0.25, -0.2) is 0 Å². The van der Waals surface area contributed by atoms with Crippen molar-refractivity contribution in [3.63, 3.8) is 0 Å². The van der Waals surface area contributed by atoms with Gasteiger partial charge in [0.1, 0.15) is 11.5 Å². The van der Waals surface area contributed by atoms with Gasteiger partial charge in [0.05, 0.1) is 0 Å². The number of hydrogen-bond acceptors (Lipinski definition) is 3. The number of rotatable bonds is 4. The van der Waals surface area contributed by atoms with Crippen molar-refractivity contribution in [1.82, 2.24) is 4.57 Å². The summed E-state index contributed by atoms with van der Waals surface area (Å²) in [5.41, 5.74) is 3.91. The minimum absolute atomic E-state index is 0.0617. The molecule has 120 valence electrons. The van der Waals surface area contributed by atoms with E-state index in [9.17, 15) is 14.7 Å². The minimum atomic E-state index is -0.249. The van der Waals surface area contributed by atoms with Crippen molar-refractivity contribution in [3.05, 3.63) is 53.0 Å². The van der Waals surface area contributed by atoms with Gasteiger partial charge in [0.2, 0.25) is 0 Å². The summed E-state index contributed by atoms with van der Waals surface area (Å²) in [5.74, 6) is -0.379. The van der Waals surface area contributed by atoms with Crippen molar-refractivity contribution in [3.8, 4) is 11.1 Å². The van der Waals surface area contributed by atoms with Crippen LogP contribution in [0, 0.1) is 13.8 Å². The average Bonchev–Trinajstić information content (AvgIpc) is 2.72. The third-order valence-corrected chi connectivity index (χ3v) is 3.96. The number of carbonyl (C=O) groups is 2. The average molecular weight is 311 g/mol. The summed E-state index contributed by atoms with van der Waals surface area (Å²) in [4.78, 5) is 24.2. The molecule has 0 aliphatic rings. The lowest BCUT2D eigenvalue weighted by Crippen LogP contribution is -2.11. The number of allylic oxidation sites excluding steroid dienone is 2. The minimum Gasteiger partial charge on any atom is -0.510 e. The van der Waals surface area contributed by atoms with E-state index in [0.29, 0.717) is 11.3 Å². The van der Waals surface area contributed by atoms with E-state index in [1.54, 1.807) is 11.5 Å². The van der Waals surface area contributed by atoms with Gasteiger partial charge in [-0.05, 0) is 33.3 Å². The Bertz CT molecular complexity index is 807. The fourth-order valence-electron chi connectivity index (χ4n) is 3.14. The third-order valence-electron chi connectivity index (χ3n) is 3.96. The first-order valence-electron chi connectivity index (χ1n) is 7.46. The second-order valence-corrected chi connectivity index (χ2v) is 5.67. The summed E-state index contributed by atoms with van der Waals surface area (Å²) in [7, 11) is 0. The second-order valence-electron chi connectivity index (χ2n) is 5.67. The number of aliphatic hydroxyl groups excluding tert-OH is 1. The van der Waals surface area contributed by atoms with E-state index in [2.05, 4.69) is 0 Å². The topological polar surface area (TPSA) is 59.3 Å². The van der Waals surface area contributed by atoms with Crippen LogP contribution in [0.15, 0.2) is 36.1 Å². The zero-order chi connectivity index (χ0) is 17.3. The summed E-state index contributed by atoms with van der Waals surface area (Å²) in [5, 5.41) is 9.95. The Morgan fingerprint density at radius 3 is 1.96 bits per heavy atom. The molecule has 0 radical (unpaired) electrons. The quantitative estimate of drug-likeness (QED) is 0.520. The van der Waals surface area contributed by atoms with E-state index in [1.807, 2.05) is 37.3 Å². The van der Waals surface area contributed by atoms with Gasteiger partial charge in [0, 0.05) is 29.4 Å². The first kappa shape index (κ1) is 16.7. The highest BCUT2D eigenvalue weighted by atomic mass is 16.3. The molecule has 0 aliphatic carbocycles. The highest BCUT2D eigenvalue weighted by molar-refractivity contribution is 6.15. The number of nitrogens with zero attached hydrogens (tertiary/aromatic N) is 1. The van der Waals surface area contributed by atoms with Crippen LogP contribution < -0.4 is 0 Å². The lowest BCUT2D eigenvalue weighted by Gasteiger charge is -2.12. The Morgan fingerprint density at radius 1 is 0.957 bits per heavy atom. The van der Waals surface area contributed by atoms with Gasteiger partial charge in [-0.2, -0.15) is 0 Å². The zero-order valence-corrected chi connectivity index (χ0v) is 14.1. The predicted octanol–water partition coefficient (Wildman–Crippen LogP) is 4.31. The normalized spacial score (nSPS) is 12.0. The second kappa shape index (κ2) is 6.24. The first-order valence-corrected chi connectivity index (χ1v) is 7.46. The number of carbonyl (C=O) groups excluding carboxylic acids is 2. The molecular formula is C19H21NO3. The monoisotopic (exact) mass is 311 g/mol. The SMILES string of the molecule is CC(=O)/C(=C(/C)O)n1c(C)c(C(C)=O)c(-c2ccccc2)c1C. The molecule has 0 aliphatic heterocycles. The van der Waals surface area contributed by atoms with Crippen LogP contribution in [0.25, 0.3) is 16.8 Å². The largest absolute Gasteiger partial charge is 0.510 e. The Kier molecular flexibility index (Phi) is 4.55. The highest BCUT2D eigenvalue weighted by Gasteiger charge is 2.25. The molecule has 2 aromatic rings. The molecule has 1 N–H and O–H groups in total. The molecule has 4 heteroatoms. The Hall–Kier alpha value is -2.62. The van der Waals surface area contributed by atoms with Crippen LogP contribution in [0.5, 0.6) is 0 Å². The maximum atomic E-state index is 12.2. The van der Waals surface area contributed by atoms with Gasteiger partial charge in [-0.3, -0.25) is 9.59 Å². The van der Waals surface area contributed by atoms with Crippen LogP contribution in [0.2, 0.25) is 0 Å². The fourth-order valence-corrected chi connectivity index (χ4v) is 3.14. The van der Waals surface area contributed by atoms with E-state index in [1.165, 1.54) is 20.8 Å². The van der Waals surface area contributed by atoms with Gasteiger partial charge in [-0.1, -0.05) is 30.3 Å². The molecule has 1 heterocycles. The number of aliphatic hydroxyl groups is 1. The van der Waals surface area contributed by atoms with Crippen molar-refractivity contribution in [2.45, 2.75) is 34.6 Å². The smallest absolute Gasteiger partial charge is 0.179 e. The van der Waals surface area contributed by atoms with E-state index in [-0.39, 0.29) is 23.0 Å². The lowest BCUT2D eigenvalue weighted by atomic mass is 9.98. The first-order chi connectivity index (χ1) is 10.8. The van der Waals surface area contributed by atoms with Crippen molar-refractivity contribution < 1.29 is 14.7 Å². The Balaban J connectivity index is 2.91. The predicted molar refractivity (Wildman–Crippen MR) is 91.5 cm³/mol. The van der Waals surface area contributed by atoms with Gasteiger partial charge < -0.3 is 9.67 Å². The Morgan fingerprint density at radius 2 is 1.52 bits per heavy atom. The standard InChI is InChI=1S/C19H21NO3/c1-11-17(13(3)21)18(16-9-7-6-8-10-16)12(2)20(11)19(14(4)22)15(5)23/h6-10,22H,1-5H3/b19-14+. The van der Waals surface area contributed by atoms with Crippen molar-refractivity contribution in [2.75, 3.05) is 0 Å². The summed E-state index contributed by atoms with van der Waals surface area (Å²) in [6.45, 7) is 8.05. The molecule has 23 heavy (non-hydrogen) atoms. The number of aromatic nitrogens is 1. The zero-order valence-electron chi connectivity index (χ0n) is 14.1. The molecule has 1 aromatic carbocycles. The van der Waals surface area contributed by atoms with Crippen molar-refractivity contribution in [2.24, 2.45) is 0 Å². The molecule has 0 fully saturated rings. The molecule has 0 saturated carbocycles. The number of Topliss-reactive ketones (excluding diaryl/α,β-unsaturated/α-hetero) is 2. The molecule has 0 saturated heterocycles. The maximum Gasteiger partial charge on any atom is 0.179 e. The molecule has 1 aromatic heterocycles. The molecule has 0 bridgehead atoms. The Labute approximate surface area is 136 Å². The summed E-state index contributed by atoms with van der Waals surface area (Å²) < 4.78 is 1.68. The highest BCUT2D eigenvalue weighted by Crippen LogP contribution is 2.35. The van der Waals surface area contributed by atoms with Gasteiger partial charge >= 0.3 is 0 Å². The van der Waals surface area contributed by atoms with Crippen LogP contribution in [0.1, 0.15) is 42.5 Å². The number of ketones is 2. The van der Waals surface area contributed by atoms with Gasteiger partial charge in [-0.15, -0.1) is 0 Å². The van der Waals surface area contributed by atoms with Gasteiger partial charge in [0.15, 0.2) is 11.6 Å². The van der Waals surface area contributed by atoms with E-state index in [0.717, 1.165) is 16.8 Å². The van der Waals surface area contributed by atoms with E-state index < -0.39 is 0 Å². The molecular weight excluding hydrogens is 290 g/mol. The maximum absolute atomic E-state index is 12.2. The molecule has 0 amide bonds. The van der Waals surface area contributed by atoms with Crippen LogP contribution in [0.3, 0.4) is 0 Å². The molecule has 2 rings (SSSR count). The van der Waals surface area contributed by atoms with Crippen LogP contribution >= 0.6 is 0 Å². The van der Waals surface area contributed by atoms with Crippen LogP contribution in [-0.4, -0.2) is 21.2 Å². The number of benzene rings is 1. The molecule has 0 unspecified atom stereocenters. The van der Waals surface area contributed by atoms with Crippen molar-refractivity contribution in [1.29, 1.82) is 0 Å². The van der Waals surface area contributed by atoms with Crippen LogP contribution in [-0.2, 0) is 4.79 Å². The van der Waals surface area contributed by atoms with E-state index >= 15 is 0 Å². The van der Waals surface area contributed by atoms with Crippen molar-refractivity contribution >= 4 is 17.3 Å². The van der Waals surface area contributed by atoms with Crippen LogP contribution in [0.4, 0.5) is 0 Å². The molecule has 0 atom stereocenters. The van der Waals surface area contributed by atoms with E-state index in [4.69, 9.17) is 0 Å². The summed E-state index contributed by atoms with van der Waals surface area (Å²) in [6.07, 6.45) is 0. The molecule has 0 spiro atoms. The lowest BCUT2D eigenvalue weighted by molar-refractivity contribution is -0.112. The summed E-state index contributed by atoms with van der Waals surface area (Å²) >= 11 is 0. The summed E-state index contributed by atoms with van der Waals surface area (Å²) in [6, 6.07) is 9.59.